The molecule has 0 unspecified atom stereocenters. The summed E-state index contributed by atoms with van der Waals surface area (Å²) in [6.07, 6.45) is 2.69. The number of hydrogen-bond acceptors (Lipinski definition) is 5. The van der Waals surface area contributed by atoms with E-state index in [4.69, 9.17) is 23.5 Å². The molecular formula is C13H20O7Si. The number of allylic oxidation sites excluding steroid dienone is 2. The van der Waals surface area contributed by atoms with Crippen molar-refractivity contribution in [3.8, 4) is 0 Å². The Labute approximate surface area is 124 Å². The molecule has 0 aliphatic heterocycles. The van der Waals surface area contributed by atoms with Crippen molar-refractivity contribution in [1.82, 2.24) is 0 Å². The fourth-order valence-electron chi connectivity index (χ4n) is 1.60. The Bertz CT molecular complexity index is 441. The maximum Gasteiger partial charge on any atom is 0.528 e. The number of carbonyl (C=O) groups is 2. The molecule has 0 amide bonds. The highest BCUT2D eigenvalue weighted by atomic mass is 28.4. The van der Waals surface area contributed by atoms with Gasteiger partial charge in [-0.2, -0.15) is 0 Å². The van der Waals surface area contributed by atoms with Gasteiger partial charge in [0.25, 0.3) is 0 Å². The highest BCUT2D eigenvalue weighted by Gasteiger charge is 2.34. The zero-order valence-corrected chi connectivity index (χ0v) is 13.3. The normalized spacial score (nSPS) is 13.1. The standard InChI is InChI=1S/C13H20O7Si/c1-5-7-10(12(14)15)11(13(16)17)8-6-9-21(18-2,19-3)20-4/h5-6,9H,1,7-8H2,2-4H3,(H,14,15)(H,16,17)/b9-6+,11-10+. The van der Waals surface area contributed by atoms with Gasteiger partial charge < -0.3 is 23.5 Å². The van der Waals surface area contributed by atoms with Gasteiger partial charge >= 0.3 is 20.7 Å². The van der Waals surface area contributed by atoms with E-state index < -0.39 is 20.7 Å². The van der Waals surface area contributed by atoms with Crippen LogP contribution in [-0.4, -0.2) is 52.3 Å². The van der Waals surface area contributed by atoms with Gasteiger partial charge in [-0.05, 0) is 18.5 Å². The Balaban J connectivity index is 5.37. The Morgan fingerprint density at radius 3 is 1.76 bits per heavy atom. The predicted octanol–water partition coefficient (Wildman–Crippen LogP) is 1.39. The second-order valence-electron chi connectivity index (χ2n) is 3.88. The summed E-state index contributed by atoms with van der Waals surface area (Å²) < 4.78 is 15.4. The van der Waals surface area contributed by atoms with Gasteiger partial charge in [-0.3, -0.25) is 0 Å². The van der Waals surface area contributed by atoms with Crippen LogP contribution in [0, 0.1) is 0 Å². The van der Waals surface area contributed by atoms with E-state index in [0.717, 1.165) is 0 Å². The molecule has 0 radical (unpaired) electrons. The molecule has 0 aromatic carbocycles. The number of carboxylic acid groups (broad SMARTS) is 2. The first-order chi connectivity index (χ1) is 9.87. The zero-order valence-electron chi connectivity index (χ0n) is 12.3. The second kappa shape index (κ2) is 9.24. The molecule has 0 heterocycles. The zero-order chi connectivity index (χ0) is 16.5. The minimum Gasteiger partial charge on any atom is -0.478 e. The SMILES string of the molecule is C=CC/C(C(=O)O)=C(/C/C=C/[Si](OC)(OC)OC)C(=O)O. The number of carboxylic acids is 2. The van der Waals surface area contributed by atoms with E-state index in [2.05, 4.69) is 6.58 Å². The van der Waals surface area contributed by atoms with Crippen LogP contribution in [0.5, 0.6) is 0 Å². The lowest BCUT2D eigenvalue weighted by molar-refractivity contribution is -0.136. The minimum atomic E-state index is -2.96. The molecule has 0 aromatic heterocycles. The van der Waals surface area contributed by atoms with Crippen LogP contribution in [0.2, 0.25) is 0 Å². The highest BCUT2D eigenvalue weighted by Crippen LogP contribution is 2.16. The van der Waals surface area contributed by atoms with Gasteiger partial charge in [0.1, 0.15) is 0 Å². The minimum absolute atomic E-state index is 0.0355. The summed E-state index contributed by atoms with van der Waals surface area (Å²) in [5, 5.41) is 18.2. The van der Waals surface area contributed by atoms with Gasteiger partial charge in [0, 0.05) is 21.3 Å². The van der Waals surface area contributed by atoms with Crippen LogP contribution < -0.4 is 0 Å². The molecular weight excluding hydrogens is 296 g/mol. The second-order valence-corrected chi connectivity index (χ2v) is 6.65. The first-order valence-corrected chi connectivity index (χ1v) is 7.80. The molecule has 0 fully saturated rings. The molecule has 0 aromatic rings. The van der Waals surface area contributed by atoms with Gasteiger partial charge in [0.05, 0.1) is 11.1 Å². The molecule has 0 saturated heterocycles. The topological polar surface area (TPSA) is 102 Å². The van der Waals surface area contributed by atoms with Crippen molar-refractivity contribution in [3.63, 3.8) is 0 Å². The van der Waals surface area contributed by atoms with Crippen molar-refractivity contribution in [2.24, 2.45) is 0 Å². The van der Waals surface area contributed by atoms with E-state index in [9.17, 15) is 9.59 Å². The fraction of sp³-hybridized carbons (Fsp3) is 0.385. The van der Waals surface area contributed by atoms with Crippen LogP contribution in [0.3, 0.4) is 0 Å². The van der Waals surface area contributed by atoms with Crippen LogP contribution in [0.4, 0.5) is 0 Å². The van der Waals surface area contributed by atoms with Crippen LogP contribution in [-0.2, 0) is 22.9 Å². The van der Waals surface area contributed by atoms with E-state index in [1.807, 2.05) is 0 Å². The average Bonchev–Trinajstić information content (AvgIpc) is 2.46. The van der Waals surface area contributed by atoms with E-state index in [0.29, 0.717) is 0 Å². The van der Waals surface area contributed by atoms with Gasteiger partial charge in [-0.25, -0.2) is 9.59 Å². The first kappa shape index (κ1) is 19.3. The molecule has 0 atom stereocenters. The lowest BCUT2D eigenvalue weighted by atomic mass is 10.0. The van der Waals surface area contributed by atoms with Gasteiger partial charge in [0.2, 0.25) is 0 Å². The van der Waals surface area contributed by atoms with Crippen molar-refractivity contribution in [2.75, 3.05) is 21.3 Å². The molecule has 0 spiro atoms. The lowest BCUT2D eigenvalue weighted by Crippen LogP contribution is -2.40. The summed E-state index contributed by atoms with van der Waals surface area (Å²) in [6.45, 7) is 3.42. The van der Waals surface area contributed by atoms with E-state index >= 15 is 0 Å². The fourth-order valence-corrected chi connectivity index (χ4v) is 2.91. The molecule has 118 valence electrons. The third-order valence-electron chi connectivity index (χ3n) is 2.73. The van der Waals surface area contributed by atoms with Crippen molar-refractivity contribution >= 4 is 20.7 Å². The van der Waals surface area contributed by atoms with E-state index in [-0.39, 0.29) is 24.0 Å². The van der Waals surface area contributed by atoms with Crippen molar-refractivity contribution in [2.45, 2.75) is 12.8 Å². The summed E-state index contributed by atoms with van der Waals surface area (Å²) in [4.78, 5) is 22.3. The molecule has 7 nitrogen and oxygen atoms in total. The summed E-state index contributed by atoms with van der Waals surface area (Å²) >= 11 is 0. The maximum absolute atomic E-state index is 11.2. The third kappa shape index (κ3) is 5.64. The Morgan fingerprint density at radius 2 is 1.43 bits per heavy atom. The summed E-state index contributed by atoms with van der Waals surface area (Å²) in [5.74, 6) is -2.58. The van der Waals surface area contributed by atoms with Gasteiger partial charge in [-0.1, -0.05) is 12.2 Å². The lowest BCUT2D eigenvalue weighted by Gasteiger charge is -2.20. The summed E-state index contributed by atoms with van der Waals surface area (Å²) in [6, 6.07) is 0. The van der Waals surface area contributed by atoms with Crippen LogP contribution >= 0.6 is 0 Å². The smallest absolute Gasteiger partial charge is 0.478 e. The molecule has 0 aliphatic rings. The van der Waals surface area contributed by atoms with Crippen molar-refractivity contribution < 1.29 is 33.1 Å². The number of hydrogen-bond donors (Lipinski definition) is 2. The Hall–Kier alpha value is -1.74. The summed E-state index contributed by atoms with van der Waals surface area (Å²) in [7, 11) is 1.28. The summed E-state index contributed by atoms with van der Waals surface area (Å²) in [5.41, 5.74) is 1.08. The van der Waals surface area contributed by atoms with Crippen molar-refractivity contribution in [3.05, 3.63) is 35.6 Å². The molecule has 2 N–H and O–H groups in total. The molecule has 0 rings (SSSR count). The van der Waals surface area contributed by atoms with Crippen LogP contribution in [0.25, 0.3) is 0 Å². The monoisotopic (exact) mass is 316 g/mol. The van der Waals surface area contributed by atoms with Gasteiger partial charge in [-0.15, -0.1) is 6.58 Å². The Morgan fingerprint density at radius 1 is 1.00 bits per heavy atom. The number of aliphatic carboxylic acids is 2. The van der Waals surface area contributed by atoms with Gasteiger partial charge in [0.15, 0.2) is 0 Å². The van der Waals surface area contributed by atoms with E-state index in [1.165, 1.54) is 39.2 Å². The molecule has 0 saturated carbocycles. The maximum atomic E-state index is 11.2. The predicted molar refractivity (Wildman–Crippen MR) is 77.6 cm³/mol. The largest absolute Gasteiger partial charge is 0.528 e. The number of rotatable bonds is 10. The molecule has 0 aliphatic carbocycles. The Kier molecular flexibility index (Phi) is 8.47. The van der Waals surface area contributed by atoms with Crippen LogP contribution in [0.15, 0.2) is 35.6 Å². The third-order valence-corrected chi connectivity index (χ3v) is 5.08. The van der Waals surface area contributed by atoms with Crippen molar-refractivity contribution in [1.29, 1.82) is 0 Å². The molecule has 21 heavy (non-hydrogen) atoms. The quantitative estimate of drug-likeness (QED) is 0.357. The molecule has 0 bridgehead atoms. The molecule has 8 heteroatoms. The average molecular weight is 316 g/mol. The highest BCUT2D eigenvalue weighted by molar-refractivity contribution is 6.66. The first-order valence-electron chi connectivity index (χ1n) is 6.00. The van der Waals surface area contributed by atoms with E-state index in [1.54, 1.807) is 0 Å². The van der Waals surface area contributed by atoms with Crippen LogP contribution in [0.1, 0.15) is 12.8 Å².